The van der Waals surface area contributed by atoms with Gasteiger partial charge in [-0.1, -0.05) is 13.8 Å². The van der Waals surface area contributed by atoms with Gasteiger partial charge in [0.15, 0.2) is 0 Å². The highest BCUT2D eigenvalue weighted by Gasteiger charge is 2.25. The molecule has 1 aromatic rings. The van der Waals surface area contributed by atoms with E-state index < -0.39 is 11.8 Å². The zero-order valence-corrected chi connectivity index (χ0v) is 16.9. The first-order valence-corrected chi connectivity index (χ1v) is 9.50. The second kappa shape index (κ2) is 9.21. The number of anilines is 1. The fourth-order valence-corrected chi connectivity index (χ4v) is 3.34. The summed E-state index contributed by atoms with van der Waals surface area (Å²) in [5.41, 5.74) is 0.875. The third kappa shape index (κ3) is 5.86. The lowest BCUT2D eigenvalue weighted by atomic mass is 10.1. The van der Waals surface area contributed by atoms with Gasteiger partial charge in [-0.3, -0.25) is 0 Å². The average Bonchev–Trinajstić information content (AvgIpc) is 2.56. The Bertz CT molecular complexity index is 638. The Balaban J connectivity index is 1.80. The van der Waals surface area contributed by atoms with Crippen LogP contribution >= 0.6 is 15.9 Å². The number of urea groups is 1. The van der Waals surface area contributed by atoms with Crippen molar-refractivity contribution < 1.29 is 18.7 Å². The Morgan fingerprint density at radius 3 is 2.58 bits per heavy atom. The van der Waals surface area contributed by atoms with Crippen LogP contribution in [0.25, 0.3) is 0 Å². The molecule has 0 aliphatic carbocycles. The van der Waals surface area contributed by atoms with E-state index in [0.717, 1.165) is 5.56 Å². The van der Waals surface area contributed by atoms with Crippen molar-refractivity contribution in [3.63, 3.8) is 0 Å². The number of ether oxygens (including phenoxy) is 1. The Morgan fingerprint density at radius 2 is 2.00 bits per heavy atom. The molecule has 1 aromatic carbocycles. The first-order valence-electron chi connectivity index (χ1n) is 8.71. The van der Waals surface area contributed by atoms with Gasteiger partial charge in [0.1, 0.15) is 5.82 Å². The van der Waals surface area contributed by atoms with Crippen molar-refractivity contribution >= 4 is 33.7 Å². The van der Waals surface area contributed by atoms with Crippen LogP contribution in [0.15, 0.2) is 16.6 Å². The van der Waals surface area contributed by atoms with Crippen molar-refractivity contribution in [2.75, 3.05) is 25.0 Å². The zero-order valence-electron chi connectivity index (χ0n) is 15.3. The lowest BCUT2D eigenvalue weighted by molar-refractivity contribution is 0.0825. The number of hydrogen-bond acceptors (Lipinski definition) is 3. The van der Waals surface area contributed by atoms with Crippen LogP contribution in [-0.2, 0) is 4.74 Å². The maximum Gasteiger partial charge on any atom is 0.409 e. The lowest BCUT2D eigenvalue weighted by Crippen LogP contribution is -2.47. The number of benzene rings is 1. The average molecular weight is 430 g/mol. The van der Waals surface area contributed by atoms with E-state index in [1.165, 1.54) is 6.07 Å². The first kappa shape index (κ1) is 20.5. The Hall–Kier alpha value is -1.83. The van der Waals surface area contributed by atoms with Crippen LogP contribution in [0.2, 0.25) is 0 Å². The first-order chi connectivity index (χ1) is 12.3. The van der Waals surface area contributed by atoms with Gasteiger partial charge in [0.2, 0.25) is 0 Å². The molecule has 6 nitrogen and oxygen atoms in total. The number of carbonyl (C=O) groups excluding carboxylic acids is 2. The van der Waals surface area contributed by atoms with Gasteiger partial charge < -0.3 is 20.3 Å². The van der Waals surface area contributed by atoms with E-state index in [1.54, 1.807) is 17.9 Å². The normalized spacial score (nSPS) is 15.1. The topological polar surface area (TPSA) is 70.7 Å². The number of carbonyl (C=O) groups is 2. The van der Waals surface area contributed by atoms with Gasteiger partial charge in [-0.2, -0.15) is 0 Å². The summed E-state index contributed by atoms with van der Waals surface area (Å²) in [6, 6.07) is 2.56. The van der Waals surface area contributed by atoms with E-state index in [0.29, 0.717) is 42.9 Å². The van der Waals surface area contributed by atoms with Crippen molar-refractivity contribution in [1.82, 2.24) is 10.2 Å². The predicted molar refractivity (Wildman–Crippen MR) is 102 cm³/mol. The molecule has 1 fully saturated rings. The molecule has 26 heavy (non-hydrogen) atoms. The van der Waals surface area contributed by atoms with Crippen LogP contribution in [0.1, 0.15) is 32.3 Å². The minimum Gasteiger partial charge on any atom is -0.449 e. The minimum atomic E-state index is -0.491. The van der Waals surface area contributed by atoms with Gasteiger partial charge in [-0.05, 0) is 59.3 Å². The summed E-state index contributed by atoms with van der Waals surface area (Å²) in [5.74, 6) is -0.196. The van der Waals surface area contributed by atoms with E-state index in [1.807, 2.05) is 13.8 Å². The molecule has 0 radical (unpaired) electrons. The lowest BCUT2D eigenvalue weighted by Gasteiger charge is -2.31. The van der Waals surface area contributed by atoms with E-state index in [-0.39, 0.29) is 17.8 Å². The van der Waals surface area contributed by atoms with Gasteiger partial charge in [-0.25, -0.2) is 14.0 Å². The molecule has 0 saturated carbocycles. The Morgan fingerprint density at radius 1 is 1.35 bits per heavy atom. The summed E-state index contributed by atoms with van der Waals surface area (Å²) in [4.78, 5) is 25.7. The summed E-state index contributed by atoms with van der Waals surface area (Å²) >= 11 is 3.26. The van der Waals surface area contributed by atoms with Gasteiger partial charge in [0.05, 0.1) is 12.3 Å². The van der Waals surface area contributed by atoms with Crippen molar-refractivity contribution in [3.05, 3.63) is 28.0 Å². The third-order valence-corrected chi connectivity index (χ3v) is 4.68. The Kier molecular flexibility index (Phi) is 7.25. The molecule has 0 aromatic heterocycles. The highest BCUT2D eigenvalue weighted by atomic mass is 79.9. The van der Waals surface area contributed by atoms with E-state index >= 15 is 0 Å². The molecule has 2 N–H and O–H groups in total. The highest BCUT2D eigenvalue weighted by Crippen LogP contribution is 2.27. The second-order valence-electron chi connectivity index (χ2n) is 6.93. The molecule has 1 aliphatic heterocycles. The molecule has 1 saturated heterocycles. The molecule has 0 spiro atoms. The van der Waals surface area contributed by atoms with E-state index in [9.17, 15) is 14.0 Å². The number of likely N-dealkylation sites (tertiary alicyclic amines) is 1. The number of rotatable bonds is 4. The molecule has 2 rings (SSSR count). The Labute approximate surface area is 161 Å². The van der Waals surface area contributed by atoms with Crippen molar-refractivity contribution in [3.8, 4) is 0 Å². The highest BCUT2D eigenvalue weighted by molar-refractivity contribution is 9.10. The fraction of sp³-hybridized carbons (Fsp3) is 0.556. The summed E-state index contributed by atoms with van der Waals surface area (Å²) < 4.78 is 19.7. The SMILES string of the molecule is Cc1cc(F)c(NC(=O)NC2CCN(C(=O)OCC(C)C)CC2)c(Br)c1. The number of nitrogens with zero attached hydrogens (tertiary/aromatic N) is 1. The third-order valence-electron chi connectivity index (χ3n) is 4.05. The number of piperidine rings is 1. The molecular formula is C18H25BrFN3O3. The van der Waals surface area contributed by atoms with Crippen molar-refractivity contribution in [1.29, 1.82) is 0 Å². The van der Waals surface area contributed by atoms with Crippen LogP contribution in [0.3, 0.4) is 0 Å². The summed E-state index contributed by atoms with van der Waals surface area (Å²) in [6.45, 7) is 7.18. The minimum absolute atomic E-state index is 0.0727. The fourth-order valence-electron chi connectivity index (χ4n) is 2.69. The standard InChI is InChI=1S/C18H25BrFN3O3/c1-11(2)10-26-18(25)23-6-4-13(5-7-23)21-17(24)22-16-14(19)8-12(3)9-15(16)20/h8-9,11,13H,4-7,10H2,1-3H3,(H2,21,22,24). The van der Waals surface area contributed by atoms with E-state index in [4.69, 9.17) is 4.74 Å². The number of nitrogens with one attached hydrogen (secondary N) is 2. The van der Waals surface area contributed by atoms with Crippen LogP contribution in [0, 0.1) is 18.7 Å². The molecule has 3 amide bonds. The summed E-state index contributed by atoms with van der Waals surface area (Å²) in [6.07, 6.45) is 0.941. The van der Waals surface area contributed by atoms with Gasteiger partial charge >= 0.3 is 12.1 Å². The van der Waals surface area contributed by atoms with Gasteiger partial charge in [-0.15, -0.1) is 0 Å². The second-order valence-corrected chi connectivity index (χ2v) is 7.79. The monoisotopic (exact) mass is 429 g/mol. The summed E-state index contributed by atoms with van der Waals surface area (Å²) in [7, 11) is 0. The molecule has 8 heteroatoms. The van der Waals surface area contributed by atoms with Crippen LogP contribution < -0.4 is 10.6 Å². The predicted octanol–water partition coefficient (Wildman–Crippen LogP) is 4.28. The quantitative estimate of drug-likeness (QED) is 0.750. The van der Waals surface area contributed by atoms with Gasteiger partial charge in [0, 0.05) is 23.6 Å². The van der Waals surface area contributed by atoms with Crippen LogP contribution in [-0.4, -0.2) is 42.8 Å². The van der Waals surface area contributed by atoms with Crippen LogP contribution in [0.4, 0.5) is 19.7 Å². The molecule has 0 bridgehead atoms. The summed E-state index contributed by atoms with van der Waals surface area (Å²) in [5, 5.41) is 5.37. The van der Waals surface area contributed by atoms with Crippen LogP contribution in [0.5, 0.6) is 0 Å². The molecule has 0 atom stereocenters. The maximum atomic E-state index is 14.0. The van der Waals surface area contributed by atoms with Gasteiger partial charge in [0.25, 0.3) is 0 Å². The van der Waals surface area contributed by atoms with Crippen molar-refractivity contribution in [2.45, 2.75) is 39.7 Å². The van der Waals surface area contributed by atoms with Crippen molar-refractivity contribution in [2.24, 2.45) is 5.92 Å². The molecule has 1 aliphatic rings. The number of amides is 3. The zero-order chi connectivity index (χ0) is 19.3. The number of aryl methyl sites for hydroxylation is 1. The number of halogens is 2. The molecule has 144 valence electrons. The molecule has 1 heterocycles. The largest absolute Gasteiger partial charge is 0.449 e. The molecular weight excluding hydrogens is 405 g/mol. The van der Waals surface area contributed by atoms with E-state index in [2.05, 4.69) is 26.6 Å². The number of hydrogen-bond donors (Lipinski definition) is 2. The maximum absolute atomic E-state index is 14.0. The molecule has 0 unspecified atom stereocenters. The smallest absolute Gasteiger partial charge is 0.409 e.